The van der Waals surface area contributed by atoms with Crippen LogP contribution in [0, 0.1) is 29.6 Å². The maximum atomic E-state index is 5.28. The van der Waals surface area contributed by atoms with Crippen molar-refractivity contribution in [1.29, 1.82) is 0 Å². The third kappa shape index (κ3) is 1.16. The summed E-state index contributed by atoms with van der Waals surface area (Å²) in [7, 11) is 1.85. The lowest BCUT2D eigenvalue weighted by molar-refractivity contribution is 0.149. The third-order valence-corrected chi connectivity index (χ3v) is 4.89. The van der Waals surface area contributed by atoms with Crippen molar-refractivity contribution in [3.05, 3.63) is 0 Å². The topological polar surface area (TPSA) is 9.23 Å². The van der Waals surface area contributed by atoms with Gasteiger partial charge in [-0.1, -0.05) is 0 Å². The molecule has 13 heavy (non-hydrogen) atoms. The number of methoxy groups -OCH3 is 1. The van der Waals surface area contributed by atoms with Gasteiger partial charge in [-0.25, -0.2) is 0 Å². The van der Waals surface area contributed by atoms with Crippen LogP contribution in [0.15, 0.2) is 0 Å². The first-order chi connectivity index (χ1) is 6.38. The fraction of sp³-hybridized carbons (Fsp3) is 1.00. The van der Waals surface area contributed by atoms with Crippen LogP contribution >= 0.6 is 0 Å². The molecular formula is C12H20O. The van der Waals surface area contributed by atoms with Gasteiger partial charge in [0.25, 0.3) is 0 Å². The maximum absolute atomic E-state index is 5.28. The first-order valence-electron chi connectivity index (χ1n) is 5.87. The minimum Gasteiger partial charge on any atom is -0.384 e. The summed E-state index contributed by atoms with van der Waals surface area (Å²) >= 11 is 0. The summed E-state index contributed by atoms with van der Waals surface area (Å²) in [6.45, 7) is 1.02. The van der Waals surface area contributed by atoms with Gasteiger partial charge in [0.1, 0.15) is 0 Å². The Morgan fingerprint density at radius 1 is 1.00 bits per heavy atom. The van der Waals surface area contributed by atoms with Crippen molar-refractivity contribution >= 4 is 0 Å². The Morgan fingerprint density at radius 3 is 2.15 bits per heavy atom. The van der Waals surface area contributed by atoms with Crippen LogP contribution in [0.5, 0.6) is 0 Å². The summed E-state index contributed by atoms with van der Waals surface area (Å²) in [6, 6.07) is 0. The van der Waals surface area contributed by atoms with Gasteiger partial charge >= 0.3 is 0 Å². The summed E-state index contributed by atoms with van der Waals surface area (Å²) in [6.07, 6.45) is 7.64. The normalized spacial score (nSPS) is 52.8. The molecule has 1 nitrogen and oxygen atoms in total. The highest BCUT2D eigenvalue weighted by atomic mass is 16.5. The molecule has 3 rings (SSSR count). The Hall–Kier alpha value is -0.0400. The molecule has 4 atom stereocenters. The summed E-state index contributed by atoms with van der Waals surface area (Å²) in [4.78, 5) is 0. The van der Waals surface area contributed by atoms with E-state index >= 15 is 0 Å². The van der Waals surface area contributed by atoms with E-state index in [9.17, 15) is 0 Å². The fourth-order valence-corrected chi connectivity index (χ4v) is 4.50. The molecule has 0 aliphatic heterocycles. The Morgan fingerprint density at radius 2 is 1.62 bits per heavy atom. The second kappa shape index (κ2) is 2.98. The van der Waals surface area contributed by atoms with Crippen LogP contribution in [0.1, 0.15) is 32.1 Å². The van der Waals surface area contributed by atoms with Crippen LogP contribution in [-0.4, -0.2) is 13.7 Å². The second-order valence-corrected chi connectivity index (χ2v) is 5.45. The van der Waals surface area contributed by atoms with Crippen LogP contribution in [-0.2, 0) is 4.74 Å². The van der Waals surface area contributed by atoms with Gasteiger partial charge in [0.05, 0.1) is 0 Å². The molecule has 0 heterocycles. The van der Waals surface area contributed by atoms with E-state index in [1.165, 1.54) is 12.8 Å². The molecule has 0 saturated heterocycles. The Bertz CT molecular complexity index is 183. The smallest absolute Gasteiger partial charge is 0.0490 e. The second-order valence-electron chi connectivity index (χ2n) is 5.45. The van der Waals surface area contributed by atoms with Gasteiger partial charge < -0.3 is 4.74 Å². The van der Waals surface area contributed by atoms with E-state index < -0.39 is 0 Å². The molecule has 0 amide bonds. The van der Waals surface area contributed by atoms with Gasteiger partial charge in [-0.3, -0.25) is 0 Å². The molecule has 74 valence electrons. The zero-order valence-corrected chi connectivity index (χ0v) is 8.54. The van der Waals surface area contributed by atoms with Crippen LogP contribution in [0.25, 0.3) is 0 Å². The van der Waals surface area contributed by atoms with Crippen molar-refractivity contribution in [3.8, 4) is 0 Å². The van der Waals surface area contributed by atoms with Crippen LogP contribution in [0.4, 0.5) is 0 Å². The Balaban J connectivity index is 1.69. The van der Waals surface area contributed by atoms with E-state index in [1.54, 1.807) is 19.3 Å². The summed E-state index contributed by atoms with van der Waals surface area (Å²) in [5.74, 6) is 5.37. The van der Waals surface area contributed by atoms with E-state index in [0.29, 0.717) is 0 Å². The molecule has 3 fully saturated rings. The van der Waals surface area contributed by atoms with Crippen molar-refractivity contribution in [1.82, 2.24) is 0 Å². The molecular weight excluding hydrogens is 160 g/mol. The molecule has 4 unspecified atom stereocenters. The molecule has 3 aliphatic rings. The summed E-state index contributed by atoms with van der Waals surface area (Å²) in [5, 5.41) is 0. The van der Waals surface area contributed by atoms with Crippen LogP contribution in [0.2, 0.25) is 0 Å². The maximum Gasteiger partial charge on any atom is 0.0490 e. The SMILES string of the molecule is COCC1CC2C3CCC(C3)C2C1. The predicted molar refractivity (Wildman–Crippen MR) is 52.4 cm³/mol. The molecule has 0 radical (unpaired) electrons. The molecule has 0 aromatic rings. The van der Waals surface area contributed by atoms with Crippen molar-refractivity contribution in [3.63, 3.8) is 0 Å². The molecule has 2 bridgehead atoms. The highest BCUT2D eigenvalue weighted by Crippen LogP contribution is 2.59. The lowest BCUT2D eigenvalue weighted by Gasteiger charge is -2.23. The lowest BCUT2D eigenvalue weighted by Crippen LogP contribution is -2.15. The van der Waals surface area contributed by atoms with Crippen molar-refractivity contribution < 1.29 is 4.74 Å². The van der Waals surface area contributed by atoms with Crippen LogP contribution < -0.4 is 0 Å². The predicted octanol–water partition coefficient (Wildman–Crippen LogP) is 2.71. The minimum absolute atomic E-state index is 0.906. The monoisotopic (exact) mass is 180 g/mol. The zero-order valence-electron chi connectivity index (χ0n) is 8.54. The van der Waals surface area contributed by atoms with E-state index in [2.05, 4.69) is 0 Å². The molecule has 0 N–H and O–H groups in total. The molecule has 0 spiro atoms. The van der Waals surface area contributed by atoms with Crippen molar-refractivity contribution in [2.75, 3.05) is 13.7 Å². The molecule has 1 heteroatoms. The first-order valence-corrected chi connectivity index (χ1v) is 5.87. The standard InChI is InChI=1S/C12H20O/c1-13-7-8-4-11-9-2-3-10(6-9)12(11)5-8/h8-12H,2-7H2,1H3. The van der Waals surface area contributed by atoms with Gasteiger partial charge in [-0.2, -0.15) is 0 Å². The van der Waals surface area contributed by atoms with Gasteiger partial charge in [0.15, 0.2) is 0 Å². The van der Waals surface area contributed by atoms with E-state index in [0.717, 1.165) is 36.2 Å². The molecule has 3 aliphatic carbocycles. The Kier molecular flexibility index (Phi) is 1.90. The molecule has 0 aromatic heterocycles. The largest absolute Gasteiger partial charge is 0.384 e. The number of rotatable bonds is 2. The number of ether oxygens (including phenoxy) is 1. The number of hydrogen-bond acceptors (Lipinski definition) is 1. The van der Waals surface area contributed by atoms with E-state index in [-0.39, 0.29) is 0 Å². The fourth-order valence-electron chi connectivity index (χ4n) is 4.50. The molecule has 3 saturated carbocycles. The third-order valence-electron chi connectivity index (χ3n) is 4.89. The van der Waals surface area contributed by atoms with Gasteiger partial charge in [0, 0.05) is 13.7 Å². The average Bonchev–Trinajstić information content (AvgIpc) is 2.72. The molecule has 0 aromatic carbocycles. The quantitative estimate of drug-likeness (QED) is 0.635. The van der Waals surface area contributed by atoms with Gasteiger partial charge in [0.2, 0.25) is 0 Å². The highest BCUT2D eigenvalue weighted by molar-refractivity contribution is 5.01. The highest BCUT2D eigenvalue weighted by Gasteiger charge is 2.51. The van der Waals surface area contributed by atoms with Crippen molar-refractivity contribution in [2.24, 2.45) is 29.6 Å². The lowest BCUT2D eigenvalue weighted by atomic mass is 9.82. The number of fused-ring (bicyclic) bond motifs is 5. The summed E-state index contributed by atoms with van der Waals surface area (Å²) < 4.78 is 5.28. The average molecular weight is 180 g/mol. The van der Waals surface area contributed by atoms with Gasteiger partial charge in [-0.15, -0.1) is 0 Å². The first kappa shape index (κ1) is 8.28. The van der Waals surface area contributed by atoms with Crippen LogP contribution in [0.3, 0.4) is 0 Å². The Labute approximate surface area is 80.8 Å². The van der Waals surface area contributed by atoms with E-state index in [1.807, 2.05) is 7.11 Å². The number of hydrogen-bond donors (Lipinski definition) is 0. The van der Waals surface area contributed by atoms with E-state index in [4.69, 9.17) is 4.74 Å². The minimum atomic E-state index is 0.906. The summed E-state index contributed by atoms with van der Waals surface area (Å²) in [5.41, 5.74) is 0. The zero-order chi connectivity index (χ0) is 8.84. The van der Waals surface area contributed by atoms with Crippen molar-refractivity contribution in [2.45, 2.75) is 32.1 Å². The van der Waals surface area contributed by atoms with Gasteiger partial charge in [-0.05, 0) is 61.7 Å².